The van der Waals surface area contributed by atoms with Crippen LogP contribution in [-0.4, -0.2) is 9.97 Å². The molecule has 1 heterocycles. The molecular weight excluding hydrogens is 169 g/mol. The van der Waals surface area contributed by atoms with Crippen molar-refractivity contribution in [2.75, 3.05) is 0 Å². The average Bonchev–Trinajstić information content (AvgIpc) is 2.49. The van der Waals surface area contributed by atoms with Crippen LogP contribution >= 0.6 is 0 Å². The highest BCUT2D eigenvalue weighted by Gasteiger charge is 2.09. The van der Waals surface area contributed by atoms with Gasteiger partial charge in [-0.2, -0.15) is 0 Å². The first-order valence-corrected chi connectivity index (χ1v) is 4.06. The molecule has 68 valence electrons. The Morgan fingerprint density at radius 2 is 2.31 bits per heavy atom. The van der Waals surface area contributed by atoms with Crippen LogP contribution in [0.2, 0.25) is 0 Å². The van der Waals surface area contributed by atoms with Crippen molar-refractivity contribution < 1.29 is 4.39 Å². The number of hydrogen-bond donors (Lipinski definition) is 2. The minimum atomic E-state index is -0.288. The van der Waals surface area contributed by atoms with Gasteiger partial charge in [-0.15, -0.1) is 0 Å². The highest BCUT2D eigenvalue weighted by atomic mass is 19.1. The zero-order valence-corrected chi connectivity index (χ0v) is 7.21. The van der Waals surface area contributed by atoms with E-state index in [1.54, 1.807) is 0 Å². The highest BCUT2D eigenvalue weighted by Crippen LogP contribution is 2.21. The first-order chi connectivity index (χ1) is 6.18. The number of aromatic nitrogens is 2. The highest BCUT2D eigenvalue weighted by molar-refractivity contribution is 5.78. The molecule has 4 heteroatoms. The van der Waals surface area contributed by atoms with Gasteiger partial charge in [0, 0.05) is 6.04 Å². The fourth-order valence-corrected chi connectivity index (χ4v) is 1.39. The molecule has 1 atom stereocenters. The van der Waals surface area contributed by atoms with Crippen molar-refractivity contribution >= 4 is 11.0 Å². The molecule has 0 bridgehead atoms. The summed E-state index contributed by atoms with van der Waals surface area (Å²) in [4.78, 5) is 6.93. The van der Waals surface area contributed by atoms with Crippen LogP contribution in [0, 0.1) is 5.82 Å². The summed E-state index contributed by atoms with van der Waals surface area (Å²) in [5.74, 6) is -0.288. The Labute approximate surface area is 74.8 Å². The molecule has 2 aromatic rings. The van der Waals surface area contributed by atoms with E-state index in [1.807, 2.05) is 6.92 Å². The smallest absolute Gasteiger partial charge is 0.125 e. The summed E-state index contributed by atoms with van der Waals surface area (Å²) in [6.07, 6.45) is 1.54. The topological polar surface area (TPSA) is 54.7 Å². The number of hydrogen-bond acceptors (Lipinski definition) is 2. The second-order valence-electron chi connectivity index (χ2n) is 3.08. The van der Waals surface area contributed by atoms with Gasteiger partial charge in [0.1, 0.15) is 5.82 Å². The summed E-state index contributed by atoms with van der Waals surface area (Å²) in [6, 6.07) is 2.63. The normalized spacial score (nSPS) is 13.5. The summed E-state index contributed by atoms with van der Waals surface area (Å²) < 4.78 is 13.0. The van der Waals surface area contributed by atoms with Gasteiger partial charge in [0.25, 0.3) is 0 Å². The summed E-state index contributed by atoms with van der Waals surface area (Å²) in [5.41, 5.74) is 7.85. The molecular formula is C9H10FN3. The number of benzene rings is 1. The quantitative estimate of drug-likeness (QED) is 0.700. The number of H-pyrrole nitrogens is 1. The molecule has 1 aromatic carbocycles. The lowest BCUT2D eigenvalue weighted by Crippen LogP contribution is -2.06. The van der Waals surface area contributed by atoms with Gasteiger partial charge < -0.3 is 10.7 Å². The van der Waals surface area contributed by atoms with E-state index in [4.69, 9.17) is 5.73 Å². The van der Waals surface area contributed by atoms with E-state index < -0.39 is 0 Å². The number of aromatic amines is 1. The van der Waals surface area contributed by atoms with E-state index in [0.717, 1.165) is 11.1 Å². The van der Waals surface area contributed by atoms with Crippen LogP contribution in [0.5, 0.6) is 0 Å². The van der Waals surface area contributed by atoms with Crippen LogP contribution < -0.4 is 5.73 Å². The molecule has 1 unspecified atom stereocenters. The molecule has 3 nitrogen and oxygen atoms in total. The standard InChI is InChI=1S/C9H10FN3/c1-5(11)7-2-6(10)3-8-9(7)13-4-12-8/h2-5H,11H2,1H3,(H,12,13). The van der Waals surface area contributed by atoms with Crippen LogP contribution in [0.15, 0.2) is 18.5 Å². The van der Waals surface area contributed by atoms with Crippen LogP contribution in [0.25, 0.3) is 11.0 Å². The third-order valence-electron chi connectivity index (χ3n) is 2.01. The summed E-state index contributed by atoms with van der Waals surface area (Å²) in [7, 11) is 0. The van der Waals surface area contributed by atoms with E-state index in [-0.39, 0.29) is 11.9 Å². The van der Waals surface area contributed by atoms with Gasteiger partial charge in [-0.25, -0.2) is 9.37 Å². The molecule has 2 rings (SSSR count). The second kappa shape index (κ2) is 2.81. The van der Waals surface area contributed by atoms with E-state index in [2.05, 4.69) is 9.97 Å². The molecule has 0 saturated carbocycles. The van der Waals surface area contributed by atoms with E-state index >= 15 is 0 Å². The van der Waals surface area contributed by atoms with Crippen LogP contribution in [0.1, 0.15) is 18.5 Å². The van der Waals surface area contributed by atoms with E-state index in [9.17, 15) is 4.39 Å². The Morgan fingerprint density at radius 3 is 3.00 bits per heavy atom. The number of imidazole rings is 1. The molecule has 0 fully saturated rings. The fourth-order valence-electron chi connectivity index (χ4n) is 1.39. The fraction of sp³-hybridized carbons (Fsp3) is 0.222. The van der Waals surface area contributed by atoms with E-state index in [1.165, 1.54) is 18.5 Å². The van der Waals surface area contributed by atoms with E-state index in [0.29, 0.717) is 5.52 Å². The Hall–Kier alpha value is -1.42. The van der Waals surface area contributed by atoms with Crippen LogP contribution in [-0.2, 0) is 0 Å². The first kappa shape index (κ1) is 8.19. The van der Waals surface area contributed by atoms with Crippen molar-refractivity contribution in [1.29, 1.82) is 0 Å². The monoisotopic (exact) mass is 179 g/mol. The molecule has 0 aliphatic rings. The van der Waals surface area contributed by atoms with Crippen LogP contribution in [0.4, 0.5) is 4.39 Å². The Morgan fingerprint density at radius 1 is 1.54 bits per heavy atom. The maximum atomic E-state index is 13.0. The molecule has 0 amide bonds. The lowest BCUT2D eigenvalue weighted by atomic mass is 10.1. The molecule has 13 heavy (non-hydrogen) atoms. The zero-order chi connectivity index (χ0) is 9.42. The summed E-state index contributed by atoms with van der Waals surface area (Å²) in [5, 5.41) is 0. The number of nitrogens with zero attached hydrogens (tertiary/aromatic N) is 1. The summed E-state index contributed by atoms with van der Waals surface area (Å²) in [6.45, 7) is 1.81. The third kappa shape index (κ3) is 1.29. The average molecular weight is 179 g/mol. The maximum absolute atomic E-state index is 13.0. The van der Waals surface area contributed by atoms with Crippen molar-refractivity contribution in [3.63, 3.8) is 0 Å². The number of rotatable bonds is 1. The van der Waals surface area contributed by atoms with Gasteiger partial charge in [0.05, 0.1) is 17.4 Å². The lowest BCUT2D eigenvalue weighted by molar-refractivity contribution is 0.624. The zero-order valence-electron chi connectivity index (χ0n) is 7.21. The van der Waals surface area contributed by atoms with Gasteiger partial charge in [-0.05, 0) is 24.6 Å². The van der Waals surface area contributed by atoms with Gasteiger partial charge in [0.15, 0.2) is 0 Å². The van der Waals surface area contributed by atoms with Crippen molar-refractivity contribution in [2.45, 2.75) is 13.0 Å². The minimum Gasteiger partial charge on any atom is -0.345 e. The van der Waals surface area contributed by atoms with Gasteiger partial charge in [-0.1, -0.05) is 0 Å². The molecule has 0 radical (unpaired) electrons. The molecule has 3 N–H and O–H groups in total. The molecule has 0 aliphatic heterocycles. The predicted octanol–water partition coefficient (Wildman–Crippen LogP) is 1.72. The largest absolute Gasteiger partial charge is 0.345 e. The second-order valence-corrected chi connectivity index (χ2v) is 3.08. The number of nitrogens with two attached hydrogens (primary N) is 1. The minimum absolute atomic E-state index is 0.207. The van der Waals surface area contributed by atoms with Gasteiger partial charge in [-0.3, -0.25) is 0 Å². The first-order valence-electron chi connectivity index (χ1n) is 4.06. The van der Waals surface area contributed by atoms with Crippen molar-refractivity contribution in [2.24, 2.45) is 5.73 Å². The Kier molecular flexibility index (Phi) is 1.77. The van der Waals surface area contributed by atoms with Crippen molar-refractivity contribution in [3.8, 4) is 0 Å². The number of halogens is 1. The third-order valence-corrected chi connectivity index (χ3v) is 2.01. The Bertz CT molecular complexity index is 433. The van der Waals surface area contributed by atoms with Gasteiger partial charge in [0.2, 0.25) is 0 Å². The molecule has 0 spiro atoms. The maximum Gasteiger partial charge on any atom is 0.125 e. The summed E-state index contributed by atoms with van der Waals surface area (Å²) >= 11 is 0. The molecule has 0 aliphatic carbocycles. The molecule has 1 aromatic heterocycles. The predicted molar refractivity (Wildman–Crippen MR) is 48.7 cm³/mol. The number of fused-ring (bicyclic) bond motifs is 1. The van der Waals surface area contributed by atoms with Crippen molar-refractivity contribution in [3.05, 3.63) is 29.8 Å². The van der Waals surface area contributed by atoms with Crippen LogP contribution in [0.3, 0.4) is 0 Å². The lowest BCUT2D eigenvalue weighted by Gasteiger charge is -2.05. The SMILES string of the molecule is CC(N)c1cc(F)cc2[nH]cnc12. The molecule has 0 saturated heterocycles. The van der Waals surface area contributed by atoms with Crippen molar-refractivity contribution in [1.82, 2.24) is 9.97 Å². The van der Waals surface area contributed by atoms with Gasteiger partial charge >= 0.3 is 0 Å². The number of nitrogens with one attached hydrogen (secondary N) is 1. The Balaban J connectivity index is 2.77.